The average Bonchev–Trinajstić information content (AvgIpc) is 2.55. The first-order valence-electron chi connectivity index (χ1n) is 7.43. The lowest BCUT2D eigenvalue weighted by Gasteiger charge is -2.09. The van der Waals surface area contributed by atoms with Gasteiger partial charge in [0.25, 0.3) is 5.69 Å². The second-order valence-corrected chi connectivity index (χ2v) is 5.46. The van der Waals surface area contributed by atoms with Gasteiger partial charge in [-0.1, -0.05) is 0 Å². The van der Waals surface area contributed by atoms with E-state index in [9.17, 15) is 20.0 Å². The zero-order valence-electron chi connectivity index (χ0n) is 14.1. The molecule has 0 fully saturated rings. The summed E-state index contributed by atoms with van der Waals surface area (Å²) in [7, 11) is 1.59. The minimum atomic E-state index is -0.602. The predicted molar refractivity (Wildman–Crippen MR) is 94.9 cm³/mol. The van der Waals surface area contributed by atoms with Crippen LogP contribution in [0.25, 0.3) is 6.08 Å². The van der Waals surface area contributed by atoms with E-state index < -0.39 is 10.8 Å². The molecule has 0 radical (unpaired) electrons. The molecule has 0 spiro atoms. The smallest absolute Gasteiger partial charge is 0.271 e. The van der Waals surface area contributed by atoms with Gasteiger partial charge in [-0.3, -0.25) is 14.9 Å². The van der Waals surface area contributed by atoms with Crippen LogP contribution in [0, 0.1) is 24.0 Å². The number of nitro benzene ring substituents is 1. The molecule has 7 heteroatoms. The van der Waals surface area contributed by atoms with Crippen molar-refractivity contribution in [2.45, 2.75) is 13.8 Å². The Bertz CT molecular complexity index is 836. The highest BCUT2D eigenvalue weighted by Crippen LogP contribution is 2.28. The second-order valence-electron chi connectivity index (χ2n) is 5.46. The van der Waals surface area contributed by atoms with Crippen LogP contribution in [0.5, 0.6) is 11.5 Å². The van der Waals surface area contributed by atoms with Crippen molar-refractivity contribution >= 4 is 23.4 Å². The Labute approximate surface area is 144 Å². The van der Waals surface area contributed by atoms with Crippen molar-refractivity contribution in [2.75, 3.05) is 12.4 Å². The maximum Gasteiger partial charge on any atom is 0.271 e. The van der Waals surface area contributed by atoms with E-state index in [4.69, 9.17) is 4.74 Å². The average molecular weight is 342 g/mol. The summed E-state index contributed by atoms with van der Waals surface area (Å²) >= 11 is 0. The molecule has 130 valence electrons. The molecule has 25 heavy (non-hydrogen) atoms. The van der Waals surface area contributed by atoms with E-state index in [-0.39, 0.29) is 17.1 Å². The van der Waals surface area contributed by atoms with Crippen LogP contribution in [0.2, 0.25) is 0 Å². The number of rotatable bonds is 5. The molecule has 0 aromatic heterocycles. The van der Waals surface area contributed by atoms with Crippen molar-refractivity contribution in [1.82, 2.24) is 0 Å². The number of non-ortho nitro benzene ring substituents is 1. The van der Waals surface area contributed by atoms with E-state index in [1.54, 1.807) is 13.2 Å². The molecule has 1 amide bonds. The molecule has 2 aromatic carbocycles. The third kappa shape index (κ3) is 4.35. The molecule has 2 aromatic rings. The first kappa shape index (κ1) is 18.0. The number of carbonyl (C=O) groups excluding carboxylic acids is 1. The quantitative estimate of drug-likeness (QED) is 0.374. The van der Waals surface area contributed by atoms with Gasteiger partial charge in [0.2, 0.25) is 5.91 Å². The number of aryl methyl sites for hydroxylation is 2. The summed E-state index contributed by atoms with van der Waals surface area (Å²) in [5.41, 5.74) is 2.52. The summed E-state index contributed by atoms with van der Waals surface area (Å²) in [6.45, 7) is 3.80. The molecule has 0 unspecified atom stereocenters. The van der Waals surface area contributed by atoms with E-state index in [1.165, 1.54) is 6.08 Å². The Kier molecular flexibility index (Phi) is 5.38. The Balaban J connectivity index is 2.20. The summed E-state index contributed by atoms with van der Waals surface area (Å²) < 4.78 is 5.19. The van der Waals surface area contributed by atoms with Crippen LogP contribution < -0.4 is 10.1 Å². The third-order valence-electron chi connectivity index (χ3n) is 3.65. The molecule has 0 aliphatic rings. The molecular weight excluding hydrogens is 324 g/mol. The van der Waals surface area contributed by atoms with Crippen LogP contribution in [0.15, 0.2) is 36.4 Å². The van der Waals surface area contributed by atoms with E-state index >= 15 is 0 Å². The normalized spacial score (nSPS) is 10.7. The van der Waals surface area contributed by atoms with Gasteiger partial charge in [-0.25, -0.2) is 0 Å². The summed E-state index contributed by atoms with van der Waals surface area (Å²) in [6.07, 6.45) is 2.95. The number of aromatic hydroxyl groups is 1. The largest absolute Gasteiger partial charge is 0.506 e. The molecule has 7 nitrogen and oxygen atoms in total. The van der Waals surface area contributed by atoms with Crippen LogP contribution >= 0.6 is 0 Å². The number of hydrogen-bond donors (Lipinski definition) is 2. The van der Waals surface area contributed by atoms with Gasteiger partial charge in [-0.05, 0) is 54.8 Å². The highest BCUT2D eigenvalue weighted by atomic mass is 16.6. The number of phenols is 1. The van der Waals surface area contributed by atoms with Crippen molar-refractivity contribution in [3.8, 4) is 11.5 Å². The Morgan fingerprint density at radius 2 is 1.88 bits per heavy atom. The fourth-order valence-electron chi connectivity index (χ4n) is 2.39. The first-order chi connectivity index (χ1) is 11.8. The molecule has 0 saturated heterocycles. The van der Waals surface area contributed by atoms with Gasteiger partial charge in [-0.15, -0.1) is 0 Å². The topological polar surface area (TPSA) is 102 Å². The van der Waals surface area contributed by atoms with Gasteiger partial charge < -0.3 is 15.2 Å². The summed E-state index contributed by atoms with van der Waals surface area (Å²) in [4.78, 5) is 22.2. The van der Waals surface area contributed by atoms with E-state index in [2.05, 4.69) is 5.32 Å². The Morgan fingerprint density at radius 1 is 1.24 bits per heavy atom. The van der Waals surface area contributed by atoms with Gasteiger partial charge in [0, 0.05) is 18.2 Å². The van der Waals surface area contributed by atoms with Gasteiger partial charge in [0.05, 0.1) is 17.7 Å². The molecule has 0 aliphatic heterocycles. The summed E-state index contributed by atoms with van der Waals surface area (Å²) in [5.74, 6) is -0.0207. The van der Waals surface area contributed by atoms with Crippen LogP contribution in [0.1, 0.15) is 16.7 Å². The molecule has 2 N–H and O–H groups in total. The number of amides is 1. The zero-order valence-corrected chi connectivity index (χ0v) is 14.1. The Hall–Kier alpha value is -3.35. The van der Waals surface area contributed by atoms with E-state index in [0.717, 1.165) is 40.6 Å². The van der Waals surface area contributed by atoms with Gasteiger partial charge in [-0.2, -0.15) is 0 Å². The maximum atomic E-state index is 12.1. The molecular formula is C18H18N2O5. The minimum absolute atomic E-state index is 0.0213. The summed E-state index contributed by atoms with van der Waals surface area (Å²) in [5, 5.41) is 22.9. The number of anilines is 1. The van der Waals surface area contributed by atoms with E-state index in [1.807, 2.05) is 26.0 Å². The monoisotopic (exact) mass is 342 g/mol. The number of ether oxygens (including phenoxy) is 1. The minimum Gasteiger partial charge on any atom is -0.506 e. The fraction of sp³-hybridized carbons (Fsp3) is 0.167. The SMILES string of the molecule is COc1cc(C)c(/C=C/C(=O)Nc2cc([N+](=O)[O-])ccc2O)c(C)c1. The number of nitrogens with zero attached hydrogens (tertiary/aromatic N) is 1. The fourth-order valence-corrected chi connectivity index (χ4v) is 2.39. The second kappa shape index (κ2) is 7.48. The molecule has 0 atom stereocenters. The summed E-state index contributed by atoms with van der Waals surface area (Å²) in [6, 6.07) is 7.14. The molecule has 0 heterocycles. The number of methoxy groups -OCH3 is 1. The van der Waals surface area contributed by atoms with Gasteiger partial charge in [0.1, 0.15) is 11.5 Å². The van der Waals surface area contributed by atoms with Crippen LogP contribution in [0.3, 0.4) is 0 Å². The predicted octanol–water partition coefficient (Wildman–Crippen LogP) is 3.58. The van der Waals surface area contributed by atoms with Crippen LogP contribution in [-0.2, 0) is 4.79 Å². The van der Waals surface area contributed by atoms with E-state index in [0.29, 0.717) is 0 Å². The molecule has 2 rings (SSSR count). The lowest BCUT2D eigenvalue weighted by atomic mass is 10.0. The van der Waals surface area contributed by atoms with Crippen molar-refractivity contribution in [3.63, 3.8) is 0 Å². The number of benzene rings is 2. The van der Waals surface area contributed by atoms with Crippen molar-refractivity contribution < 1.29 is 19.6 Å². The molecule has 0 saturated carbocycles. The number of hydrogen-bond acceptors (Lipinski definition) is 5. The Morgan fingerprint density at radius 3 is 2.44 bits per heavy atom. The lowest BCUT2D eigenvalue weighted by Crippen LogP contribution is -2.08. The van der Waals surface area contributed by atoms with Gasteiger partial charge >= 0.3 is 0 Å². The number of carbonyl (C=O) groups is 1. The highest BCUT2D eigenvalue weighted by molar-refractivity contribution is 6.03. The first-order valence-corrected chi connectivity index (χ1v) is 7.43. The molecule has 0 bridgehead atoms. The van der Waals surface area contributed by atoms with Crippen molar-refractivity contribution in [2.24, 2.45) is 0 Å². The number of nitro groups is 1. The highest BCUT2D eigenvalue weighted by Gasteiger charge is 2.12. The van der Waals surface area contributed by atoms with Crippen LogP contribution in [-0.4, -0.2) is 23.0 Å². The third-order valence-corrected chi connectivity index (χ3v) is 3.65. The zero-order chi connectivity index (χ0) is 18.6. The van der Waals surface area contributed by atoms with Gasteiger partial charge in [0.15, 0.2) is 0 Å². The lowest BCUT2D eigenvalue weighted by molar-refractivity contribution is -0.384. The van der Waals surface area contributed by atoms with Crippen molar-refractivity contribution in [3.05, 3.63) is 63.2 Å². The standard InChI is InChI=1S/C18H18N2O5/c1-11-8-14(25-3)9-12(2)15(11)5-7-18(22)19-16-10-13(20(23)24)4-6-17(16)21/h4-10,21H,1-3H3,(H,19,22)/b7-5+. The molecule has 0 aliphatic carbocycles. The number of phenolic OH excluding ortho intramolecular Hbond substituents is 1. The maximum absolute atomic E-state index is 12.1. The van der Waals surface area contributed by atoms with Crippen molar-refractivity contribution in [1.29, 1.82) is 0 Å². The van der Waals surface area contributed by atoms with Crippen LogP contribution in [0.4, 0.5) is 11.4 Å². The number of nitrogens with one attached hydrogen (secondary N) is 1.